The fourth-order valence-electron chi connectivity index (χ4n) is 4.12. The molecule has 0 unspecified atom stereocenters. The quantitative estimate of drug-likeness (QED) is 0.390. The highest BCUT2D eigenvalue weighted by Crippen LogP contribution is 2.40. The Morgan fingerprint density at radius 3 is 2.58 bits per heavy atom. The molecule has 2 aromatic carbocycles. The smallest absolute Gasteiger partial charge is 0.267 e. The number of amidine groups is 1. The predicted octanol–water partition coefficient (Wildman–Crippen LogP) is 6.43. The maximum Gasteiger partial charge on any atom is 0.267 e. The number of thioether (sulfide) groups is 1. The van der Waals surface area contributed by atoms with Crippen LogP contribution in [0.4, 0.5) is 5.69 Å². The minimum atomic E-state index is 0.0606. The molecule has 0 bridgehead atoms. The van der Waals surface area contributed by atoms with Gasteiger partial charge in [-0.15, -0.1) is 0 Å². The van der Waals surface area contributed by atoms with Gasteiger partial charge in [-0.25, -0.2) is 4.99 Å². The van der Waals surface area contributed by atoms with Crippen LogP contribution in [-0.4, -0.2) is 28.6 Å². The number of para-hydroxylation sites is 1. The fourth-order valence-corrected chi connectivity index (χ4v) is 5.16. The Kier molecular flexibility index (Phi) is 6.92. The van der Waals surface area contributed by atoms with Gasteiger partial charge in [-0.1, -0.05) is 62.8 Å². The lowest BCUT2D eigenvalue weighted by molar-refractivity contribution is -0.124. The van der Waals surface area contributed by atoms with Gasteiger partial charge in [0.15, 0.2) is 5.17 Å². The molecule has 1 saturated heterocycles. The molecule has 0 N–H and O–H groups in total. The normalized spacial score (nSPS) is 24.0. The molecule has 2 aromatic rings. The Morgan fingerprint density at radius 1 is 1.13 bits per heavy atom. The third-order valence-corrected chi connectivity index (χ3v) is 6.74. The third kappa shape index (κ3) is 5.10. The van der Waals surface area contributed by atoms with E-state index in [0.29, 0.717) is 17.4 Å². The van der Waals surface area contributed by atoms with Crippen LogP contribution in [0, 0.1) is 5.92 Å². The van der Waals surface area contributed by atoms with Gasteiger partial charge in [-0.3, -0.25) is 9.69 Å². The summed E-state index contributed by atoms with van der Waals surface area (Å²) >= 11 is 1.47. The average Bonchev–Trinajstić information content (AvgIpc) is 3.09. The highest BCUT2D eigenvalue weighted by Gasteiger charge is 2.41. The molecule has 5 heteroatoms. The molecule has 0 spiro atoms. The van der Waals surface area contributed by atoms with E-state index in [0.717, 1.165) is 41.4 Å². The van der Waals surface area contributed by atoms with Crippen molar-refractivity contribution >= 4 is 34.6 Å². The Balaban J connectivity index is 1.63. The van der Waals surface area contributed by atoms with E-state index in [1.807, 2.05) is 65.6 Å². The largest absolute Gasteiger partial charge is 0.490 e. The van der Waals surface area contributed by atoms with Crippen LogP contribution in [-0.2, 0) is 4.79 Å². The van der Waals surface area contributed by atoms with Gasteiger partial charge in [0.25, 0.3) is 5.91 Å². The Morgan fingerprint density at radius 2 is 1.87 bits per heavy atom. The van der Waals surface area contributed by atoms with Crippen molar-refractivity contribution in [1.29, 1.82) is 0 Å². The van der Waals surface area contributed by atoms with Crippen molar-refractivity contribution in [2.24, 2.45) is 10.9 Å². The summed E-state index contributed by atoms with van der Waals surface area (Å²) in [6.07, 6.45) is 8.26. The number of carbonyl (C=O) groups excluding carboxylic acids is 1. The van der Waals surface area contributed by atoms with Crippen molar-refractivity contribution < 1.29 is 9.53 Å². The average molecular weight is 433 g/mol. The van der Waals surface area contributed by atoms with Gasteiger partial charge in [-0.05, 0) is 66.4 Å². The first-order chi connectivity index (χ1) is 15.2. The van der Waals surface area contributed by atoms with Crippen molar-refractivity contribution in [3.63, 3.8) is 0 Å². The minimum Gasteiger partial charge on any atom is -0.490 e. The molecule has 1 heterocycles. The Labute approximate surface area is 188 Å². The molecule has 0 aromatic heterocycles. The predicted molar refractivity (Wildman–Crippen MR) is 130 cm³/mol. The molecule has 2 atom stereocenters. The zero-order valence-corrected chi connectivity index (χ0v) is 18.7. The summed E-state index contributed by atoms with van der Waals surface area (Å²) in [5.41, 5.74) is 1.84. The second kappa shape index (κ2) is 10.0. The van der Waals surface area contributed by atoms with E-state index in [4.69, 9.17) is 9.73 Å². The van der Waals surface area contributed by atoms with Crippen molar-refractivity contribution in [1.82, 2.24) is 4.90 Å². The number of rotatable bonds is 6. The van der Waals surface area contributed by atoms with Gasteiger partial charge in [0, 0.05) is 6.04 Å². The summed E-state index contributed by atoms with van der Waals surface area (Å²) in [4.78, 5) is 21.0. The lowest BCUT2D eigenvalue weighted by Crippen LogP contribution is -2.44. The summed E-state index contributed by atoms with van der Waals surface area (Å²) in [6.45, 7) is 6.40. The summed E-state index contributed by atoms with van der Waals surface area (Å²) in [5.74, 6) is 1.32. The number of benzene rings is 2. The van der Waals surface area contributed by atoms with Gasteiger partial charge < -0.3 is 4.74 Å². The van der Waals surface area contributed by atoms with Gasteiger partial charge in [0.2, 0.25) is 0 Å². The second-order valence-corrected chi connectivity index (χ2v) is 9.02. The van der Waals surface area contributed by atoms with Crippen LogP contribution in [0.25, 0.3) is 6.08 Å². The van der Waals surface area contributed by atoms with Crippen LogP contribution in [0.1, 0.15) is 38.2 Å². The molecule has 31 heavy (non-hydrogen) atoms. The van der Waals surface area contributed by atoms with Gasteiger partial charge in [-0.2, -0.15) is 0 Å². The molecule has 1 aliphatic heterocycles. The number of amides is 1. The number of carbonyl (C=O) groups is 1. The van der Waals surface area contributed by atoms with E-state index in [2.05, 4.69) is 13.5 Å². The lowest BCUT2D eigenvalue weighted by atomic mass is 9.85. The van der Waals surface area contributed by atoms with E-state index in [1.54, 1.807) is 6.08 Å². The number of hydrogen-bond donors (Lipinski definition) is 0. The maximum absolute atomic E-state index is 13.5. The van der Waals surface area contributed by atoms with E-state index >= 15 is 0 Å². The molecule has 1 amide bonds. The van der Waals surface area contributed by atoms with Gasteiger partial charge >= 0.3 is 0 Å². The lowest BCUT2D eigenvalue weighted by Gasteiger charge is -2.35. The van der Waals surface area contributed by atoms with Crippen LogP contribution >= 0.6 is 11.8 Å². The summed E-state index contributed by atoms with van der Waals surface area (Å²) in [5, 5.41) is 0.784. The van der Waals surface area contributed by atoms with Crippen LogP contribution in [0.5, 0.6) is 5.75 Å². The zero-order chi connectivity index (χ0) is 21.6. The van der Waals surface area contributed by atoms with E-state index in [1.165, 1.54) is 18.2 Å². The number of ether oxygens (including phenoxy) is 1. The topological polar surface area (TPSA) is 41.9 Å². The monoisotopic (exact) mass is 432 g/mol. The van der Waals surface area contributed by atoms with Crippen LogP contribution in [0.2, 0.25) is 0 Å². The molecule has 2 aliphatic rings. The Bertz CT molecular complexity index is 982. The van der Waals surface area contributed by atoms with Crippen molar-refractivity contribution in [3.8, 4) is 5.75 Å². The fraction of sp³-hybridized carbons (Fsp3) is 0.308. The summed E-state index contributed by atoms with van der Waals surface area (Å²) in [7, 11) is 0. The molecule has 4 nitrogen and oxygen atoms in total. The molecule has 0 radical (unpaired) electrons. The highest BCUT2D eigenvalue weighted by molar-refractivity contribution is 8.18. The van der Waals surface area contributed by atoms with Crippen LogP contribution < -0.4 is 4.74 Å². The van der Waals surface area contributed by atoms with Crippen LogP contribution in [0.3, 0.4) is 0 Å². The molecule has 1 saturated carbocycles. The van der Waals surface area contributed by atoms with E-state index in [-0.39, 0.29) is 11.9 Å². The standard InChI is InChI=1S/C26H28N2O2S/c1-3-17-30-22-15-13-20(14-16-22)18-24-25(29)28(23-12-8-7-9-19(23)2)26(31-24)27-21-10-5-4-6-11-21/h3-6,10-11,13-16,18-19,23H,1,7-9,12,17H2,2H3/b24-18-,27-26?/t19-,23+/m1/s1. The molecule has 2 fully saturated rings. The molecular formula is C26H28N2O2S. The molecule has 1 aliphatic carbocycles. The number of nitrogens with zero attached hydrogens (tertiary/aromatic N) is 2. The first-order valence-corrected chi connectivity index (χ1v) is 11.7. The van der Waals surface area contributed by atoms with Crippen LogP contribution in [0.15, 0.2) is 77.1 Å². The minimum absolute atomic E-state index is 0.0606. The van der Waals surface area contributed by atoms with Gasteiger partial charge in [0.05, 0.1) is 10.6 Å². The highest BCUT2D eigenvalue weighted by atomic mass is 32.2. The first-order valence-electron chi connectivity index (χ1n) is 10.9. The van der Waals surface area contributed by atoms with Crippen molar-refractivity contribution in [2.45, 2.75) is 38.6 Å². The summed E-state index contributed by atoms with van der Waals surface area (Å²) in [6, 6.07) is 17.9. The summed E-state index contributed by atoms with van der Waals surface area (Å²) < 4.78 is 5.55. The second-order valence-electron chi connectivity index (χ2n) is 8.01. The van der Waals surface area contributed by atoms with Crippen molar-refractivity contribution in [3.05, 3.63) is 77.7 Å². The van der Waals surface area contributed by atoms with Crippen molar-refractivity contribution in [2.75, 3.05) is 6.61 Å². The molecular weight excluding hydrogens is 404 g/mol. The first kappa shape index (κ1) is 21.4. The Hall–Kier alpha value is -2.79. The molecule has 160 valence electrons. The SMILES string of the molecule is C=CCOc1ccc(/C=C2\SC(=Nc3ccccc3)N([C@H]3CCCC[C@H]3C)C2=O)cc1. The number of aliphatic imine (C=N–C) groups is 1. The maximum atomic E-state index is 13.5. The molecule has 4 rings (SSSR count). The third-order valence-electron chi connectivity index (χ3n) is 5.76. The van der Waals surface area contributed by atoms with E-state index in [9.17, 15) is 4.79 Å². The van der Waals surface area contributed by atoms with E-state index < -0.39 is 0 Å². The van der Waals surface area contributed by atoms with Gasteiger partial charge in [0.1, 0.15) is 12.4 Å². The zero-order valence-electron chi connectivity index (χ0n) is 17.9. The number of hydrogen-bond acceptors (Lipinski definition) is 4.